The van der Waals surface area contributed by atoms with Crippen molar-refractivity contribution < 1.29 is 23.8 Å². The van der Waals surface area contributed by atoms with E-state index in [-0.39, 0.29) is 29.5 Å². The number of thiazole rings is 1. The fourth-order valence-electron chi connectivity index (χ4n) is 3.76. The van der Waals surface area contributed by atoms with Crippen molar-refractivity contribution in [3.05, 3.63) is 51.7 Å². The molecule has 0 aliphatic carbocycles. The molecule has 188 valence electrons. The Morgan fingerprint density at radius 3 is 2.56 bits per heavy atom. The van der Waals surface area contributed by atoms with Crippen molar-refractivity contribution in [2.24, 2.45) is 0 Å². The van der Waals surface area contributed by atoms with Crippen molar-refractivity contribution in [2.45, 2.75) is 32.6 Å². The number of carbonyl (C=O) groups excluding carboxylic acids is 1. The predicted molar refractivity (Wildman–Crippen MR) is 134 cm³/mol. The molecular formula is C24H25N5O6S. The smallest absolute Gasteiger partial charge is 0.264 e. The van der Waals surface area contributed by atoms with Crippen molar-refractivity contribution in [2.75, 3.05) is 19.5 Å². The molecule has 1 aromatic carbocycles. The molecular weight excluding hydrogens is 486 g/mol. The molecule has 3 N–H and O–H groups in total. The summed E-state index contributed by atoms with van der Waals surface area (Å²) in [5.74, 6) is -0.106. The Kier molecular flexibility index (Phi) is 7.64. The Morgan fingerprint density at radius 1 is 1.17 bits per heavy atom. The number of nitrogens with one attached hydrogen (secondary N) is 2. The number of unbranched alkanes of at least 4 members (excludes halogenated alkanes) is 1. The molecule has 0 atom stereocenters. The van der Waals surface area contributed by atoms with Gasteiger partial charge < -0.3 is 29.3 Å². The third-order valence-electron chi connectivity index (χ3n) is 5.40. The van der Waals surface area contributed by atoms with Crippen LogP contribution in [0.3, 0.4) is 0 Å². The minimum Gasteiger partial charge on any atom is -0.506 e. The van der Waals surface area contributed by atoms with Crippen LogP contribution < -0.4 is 20.3 Å². The monoisotopic (exact) mass is 511 g/mol. The molecule has 0 aliphatic heterocycles. The van der Waals surface area contributed by atoms with Gasteiger partial charge in [-0.25, -0.2) is 4.98 Å². The summed E-state index contributed by atoms with van der Waals surface area (Å²) in [5, 5.41) is 24.0. The Balaban J connectivity index is 1.78. The van der Waals surface area contributed by atoms with Gasteiger partial charge in [0.1, 0.15) is 29.2 Å². The van der Waals surface area contributed by atoms with E-state index in [1.807, 2.05) is 6.92 Å². The van der Waals surface area contributed by atoms with Crippen molar-refractivity contribution in [1.82, 2.24) is 20.2 Å². The molecule has 0 unspecified atom stereocenters. The summed E-state index contributed by atoms with van der Waals surface area (Å²) < 4.78 is 16.7. The lowest BCUT2D eigenvalue weighted by Gasteiger charge is -2.18. The van der Waals surface area contributed by atoms with Gasteiger partial charge in [0.05, 0.1) is 25.3 Å². The lowest BCUT2D eigenvalue weighted by molar-refractivity contribution is -0.115. The summed E-state index contributed by atoms with van der Waals surface area (Å²) in [6, 6.07) is 5.23. The zero-order valence-electron chi connectivity index (χ0n) is 20.0. The number of rotatable bonds is 10. The summed E-state index contributed by atoms with van der Waals surface area (Å²) in [5.41, 5.74) is 0.532. The quantitative estimate of drug-likeness (QED) is 0.289. The second-order valence-electron chi connectivity index (χ2n) is 7.74. The van der Waals surface area contributed by atoms with Crippen LogP contribution in [0.5, 0.6) is 17.2 Å². The maximum Gasteiger partial charge on any atom is 0.264 e. The van der Waals surface area contributed by atoms with Crippen LogP contribution in [-0.2, 0) is 17.6 Å². The summed E-state index contributed by atoms with van der Waals surface area (Å²) in [6.07, 6.45) is 3.50. The molecule has 0 radical (unpaired) electrons. The van der Waals surface area contributed by atoms with E-state index < -0.39 is 11.5 Å². The number of aromatic hydroxyl groups is 1. The molecule has 0 spiro atoms. The van der Waals surface area contributed by atoms with Gasteiger partial charge in [-0.1, -0.05) is 19.4 Å². The molecule has 12 heteroatoms. The van der Waals surface area contributed by atoms with Crippen LogP contribution in [0.2, 0.25) is 0 Å². The van der Waals surface area contributed by atoms with E-state index in [2.05, 4.69) is 25.5 Å². The Labute approximate surface area is 210 Å². The average molecular weight is 512 g/mol. The number of benzene rings is 1. The molecule has 0 aliphatic rings. The number of amides is 1. The number of anilines is 1. The number of aromatic nitrogens is 4. The normalized spacial score (nSPS) is 10.9. The molecule has 3 aromatic heterocycles. The Bertz CT molecular complexity index is 1390. The number of nitrogens with zero attached hydrogens (tertiary/aromatic N) is 3. The van der Waals surface area contributed by atoms with Gasteiger partial charge in [0.25, 0.3) is 11.4 Å². The number of aromatic amines is 1. The molecule has 0 fully saturated rings. The summed E-state index contributed by atoms with van der Waals surface area (Å²) in [7, 11) is 3.02. The Hall–Kier alpha value is -4.19. The third kappa shape index (κ3) is 5.08. The van der Waals surface area contributed by atoms with Crippen molar-refractivity contribution in [3.8, 4) is 39.8 Å². The number of H-pyrrole nitrogens is 1. The van der Waals surface area contributed by atoms with Crippen molar-refractivity contribution in [1.29, 1.82) is 0 Å². The maximum atomic E-state index is 13.1. The largest absolute Gasteiger partial charge is 0.506 e. The van der Waals surface area contributed by atoms with Crippen LogP contribution in [0.25, 0.3) is 22.6 Å². The molecule has 1 amide bonds. The SMILES string of the molecule is CCCCc1[nH]c(=O)c(-c2nnc(CC(=O)Nc3nccs3)o2)c(O)c1-c1c(OC)cccc1OC. The van der Waals surface area contributed by atoms with Gasteiger partial charge in [0, 0.05) is 17.3 Å². The van der Waals surface area contributed by atoms with Gasteiger partial charge in [-0.05, 0) is 25.0 Å². The highest BCUT2D eigenvalue weighted by atomic mass is 32.1. The third-order valence-corrected chi connectivity index (χ3v) is 6.08. The van der Waals surface area contributed by atoms with Crippen LogP contribution in [0.4, 0.5) is 5.13 Å². The number of ether oxygens (including phenoxy) is 2. The Morgan fingerprint density at radius 2 is 1.92 bits per heavy atom. The average Bonchev–Trinajstić information content (AvgIpc) is 3.54. The fraction of sp³-hybridized carbons (Fsp3) is 0.292. The number of pyridine rings is 1. The zero-order chi connectivity index (χ0) is 25.7. The topological polar surface area (TPSA) is 152 Å². The zero-order valence-corrected chi connectivity index (χ0v) is 20.8. The number of aryl methyl sites for hydroxylation is 1. The first-order valence-corrected chi connectivity index (χ1v) is 12.1. The van der Waals surface area contributed by atoms with E-state index in [0.717, 1.165) is 12.8 Å². The highest BCUT2D eigenvalue weighted by Crippen LogP contribution is 2.46. The van der Waals surface area contributed by atoms with E-state index in [4.69, 9.17) is 13.9 Å². The van der Waals surface area contributed by atoms with Crippen molar-refractivity contribution >= 4 is 22.4 Å². The second-order valence-corrected chi connectivity index (χ2v) is 8.63. The maximum absolute atomic E-state index is 13.1. The minimum absolute atomic E-state index is 0.0238. The van der Waals surface area contributed by atoms with E-state index in [9.17, 15) is 14.7 Å². The number of hydrogen-bond donors (Lipinski definition) is 3. The number of methoxy groups -OCH3 is 2. The van der Waals surface area contributed by atoms with E-state index in [1.54, 1.807) is 29.8 Å². The molecule has 36 heavy (non-hydrogen) atoms. The fourth-order valence-corrected chi connectivity index (χ4v) is 4.30. The van der Waals surface area contributed by atoms with Gasteiger partial charge in [-0.2, -0.15) is 0 Å². The lowest BCUT2D eigenvalue weighted by Crippen LogP contribution is -2.15. The van der Waals surface area contributed by atoms with Crippen LogP contribution in [-0.4, -0.2) is 45.4 Å². The standard InChI is InChI=1S/C24H25N5O6S/c1-4-5-7-13-18(19-14(33-2)8-6-9-15(19)34-3)21(31)20(22(32)26-13)23-29-28-17(35-23)12-16(30)27-24-25-10-11-36-24/h6,8-11H,4-5,7,12H2,1-3H3,(H,25,27,30)(H2,26,31,32). The molecule has 0 saturated carbocycles. The molecule has 11 nitrogen and oxygen atoms in total. The molecule has 0 saturated heterocycles. The second kappa shape index (κ2) is 11.0. The first-order chi connectivity index (χ1) is 17.5. The van der Waals surface area contributed by atoms with Gasteiger partial charge >= 0.3 is 0 Å². The van der Waals surface area contributed by atoms with Crippen LogP contribution in [0.15, 0.2) is 39.0 Å². The van der Waals surface area contributed by atoms with Gasteiger partial charge in [0.15, 0.2) is 5.13 Å². The van der Waals surface area contributed by atoms with E-state index in [1.165, 1.54) is 25.6 Å². The highest BCUT2D eigenvalue weighted by Gasteiger charge is 2.27. The van der Waals surface area contributed by atoms with Crippen LogP contribution >= 0.6 is 11.3 Å². The molecule has 3 heterocycles. The highest BCUT2D eigenvalue weighted by molar-refractivity contribution is 7.13. The van der Waals surface area contributed by atoms with Crippen LogP contribution in [0, 0.1) is 0 Å². The van der Waals surface area contributed by atoms with E-state index in [0.29, 0.717) is 39.9 Å². The van der Waals surface area contributed by atoms with Gasteiger partial charge in [-0.15, -0.1) is 21.5 Å². The number of hydrogen-bond acceptors (Lipinski definition) is 10. The van der Waals surface area contributed by atoms with Crippen molar-refractivity contribution in [3.63, 3.8) is 0 Å². The first-order valence-electron chi connectivity index (χ1n) is 11.2. The molecule has 4 rings (SSSR count). The summed E-state index contributed by atoms with van der Waals surface area (Å²) >= 11 is 1.27. The van der Waals surface area contributed by atoms with Gasteiger partial charge in [0.2, 0.25) is 11.8 Å². The van der Waals surface area contributed by atoms with Gasteiger partial charge in [-0.3, -0.25) is 9.59 Å². The summed E-state index contributed by atoms with van der Waals surface area (Å²) in [4.78, 5) is 32.2. The van der Waals surface area contributed by atoms with Crippen LogP contribution in [0.1, 0.15) is 31.4 Å². The molecule has 0 bridgehead atoms. The predicted octanol–water partition coefficient (Wildman–Crippen LogP) is 3.80. The minimum atomic E-state index is -0.598. The molecule has 4 aromatic rings. The van der Waals surface area contributed by atoms with E-state index >= 15 is 0 Å². The summed E-state index contributed by atoms with van der Waals surface area (Å²) in [6.45, 7) is 2.03. The number of carbonyl (C=O) groups is 1. The first kappa shape index (κ1) is 24.9. The lowest BCUT2D eigenvalue weighted by atomic mass is 9.96.